The Morgan fingerprint density at radius 3 is 2.67 bits per heavy atom. The number of carbonyl (C=O) groups excluding carboxylic acids is 1. The molecule has 0 fully saturated rings. The van der Waals surface area contributed by atoms with Crippen molar-refractivity contribution in [2.24, 2.45) is 4.99 Å². The zero-order valence-corrected chi connectivity index (χ0v) is 5.49. The Morgan fingerprint density at radius 1 is 1.78 bits per heavy atom. The van der Waals surface area contributed by atoms with Crippen molar-refractivity contribution in [3.63, 3.8) is 0 Å². The number of ketones is 1. The lowest BCUT2D eigenvalue weighted by molar-refractivity contribution is -0.116. The van der Waals surface area contributed by atoms with Crippen LogP contribution in [-0.4, -0.2) is 17.5 Å². The van der Waals surface area contributed by atoms with Crippen LogP contribution in [0.15, 0.2) is 4.99 Å². The molecule has 0 aromatic heterocycles. The number of aliphatic imine (C=N–C) groups is 1. The highest BCUT2D eigenvalue weighted by molar-refractivity contribution is 7.78. The van der Waals surface area contributed by atoms with E-state index in [9.17, 15) is 4.79 Å². The van der Waals surface area contributed by atoms with E-state index in [1.165, 1.54) is 6.92 Å². The summed E-state index contributed by atoms with van der Waals surface area (Å²) in [5.74, 6) is 0.138. The lowest BCUT2D eigenvalue weighted by Gasteiger charge is -1.82. The summed E-state index contributed by atoms with van der Waals surface area (Å²) >= 11 is 4.28. The second kappa shape index (κ2) is 7.47. The Morgan fingerprint density at radius 2 is 2.33 bits per heavy atom. The van der Waals surface area contributed by atoms with E-state index in [2.05, 4.69) is 22.4 Å². The van der Waals surface area contributed by atoms with Gasteiger partial charge in [-0.3, -0.25) is 4.79 Å². The Bertz CT molecular complexity index is 125. The first-order chi connectivity index (χ1) is 3.77. The summed E-state index contributed by atoms with van der Waals surface area (Å²) in [6.07, 6.45) is 0.476. The molecule has 0 aliphatic heterocycles. The van der Waals surface area contributed by atoms with Gasteiger partial charge in [-0.05, 0) is 19.1 Å². The normalized spacial score (nSPS) is 6.78. The molecule has 2 nitrogen and oxygen atoms in total. The van der Waals surface area contributed by atoms with E-state index in [4.69, 9.17) is 0 Å². The van der Waals surface area contributed by atoms with Gasteiger partial charge in [-0.25, -0.2) is 4.99 Å². The molecule has 0 radical (unpaired) electrons. The summed E-state index contributed by atoms with van der Waals surface area (Å²) < 4.78 is 0. The van der Waals surface area contributed by atoms with Crippen LogP contribution < -0.4 is 0 Å². The first-order valence-electron chi connectivity index (χ1n) is 2.30. The van der Waals surface area contributed by atoms with Crippen molar-refractivity contribution in [2.45, 2.75) is 20.8 Å². The molecule has 0 aromatic rings. The standard InChI is InChI=1S/C5H7NOS.CH4/c1-5(7)2-3-6-4-8;/h2-3H2,1H3;1H4. The fourth-order valence-corrected chi connectivity index (χ4v) is 0.350. The Labute approximate surface area is 61.0 Å². The highest BCUT2D eigenvalue weighted by Crippen LogP contribution is 1.79. The molecular weight excluding hydrogens is 134 g/mol. The van der Waals surface area contributed by atoms with E-state index >= 15 is 0 Å². The van der Waals surface area contributed by atoms with Crippen molar-refractivity contribution in [3.05, 3.63) is 0 Å². The lowest BCUT2D eigenvalue weighted by Crippen LogP contribution is -1.91. The molecule has 0 rings (SSSR count). The third-order valence-corrected chi connectivity index (χ3v) is 0.769. The van der Waals surface area contributed by atoms with Crippen LogP contribution in [0, 0.1) is 0 Å². The summed E-state index contributed by atoms with van der Waals surface area (Å²) in [5, 5.41) is 2.18. The number of hydrogen-bond donors (Lipinski definition) is 0. The summed E-state index contributed by atoms with van der Waals surface area (Å²) in [6, 6.07) is 0. The quantitative estimate of drug-likeness (QED) is 0.447. The minimum absolute atomic E-state index is 0. The van der Waals surface area contributed by atoms with E-state index in [0.29, 0.717) is 13.0 Å². The van der Waals surface area contributed by atoms with Gasteiger partial charge < -0.3 is 0 Å². The minimum atomic E-state index is 0. The molecule has 0 bridgehead atoms. The van der Waals surface area contributed by atoms with E-state index in [1.54, 1.807) is 0 Å². The van der Waals surface area contributed by atoms with E-state index in [-0.39, 0.29) is 13.2 Å². The molecule has 0 amide bonds. The largest absolute Gasteiger partial charge is 0.300 e. The second-order valence-electron chi connectivity index (χ2n) is 1.43. The summed E-state index contributed by atoms with van der Waals surface area (Å²) in [4.78, 5) is 13.8. The van der Waals surface area contributed by atoms with Gasteiger partial charge in [-0.2, -0.15) is 0 Å². The molecule has 0 aliphatic carbocycles. The molecule has 9 heavy (non-hydrogen) atoms. The summed E-state index contributed by atoms with van der Waals surface area (Å²) in [6.45, 7) is 2.01. The Kier molecular flexibility index (Phi) is 9.37. The van der Waals surface area contributed by atoms with Gasteiger partial charge in [0.05, 0.1) is 11.7 Å². The zero-order chi connectivity index (χ0) is 6.41. The predicted octanol–water partition coefficient (Wildman–Crippen LogP) is 1.70. The van der Waals surface area contributed by atoms with Crippen LogP contribution in [0.1, 0.15) is 20.8 Å². The molecule has 0 N–H and O–H groups in total. The van der Waals surface area contributed by atoms with Crippen LogP contribution in [0.25, 0.3) is 0 Å². The molecule has 52 valence electrons. The number of carbonyl (C=O) groups is 1. The first kappa shape index (κ1) is 11.3. The summed E-state index contributed by atoms with van der Waals surface area (Å²) in [7, 11) is 0. The second-order valence-corrected chi connectivity index (χ2v) is 1.61. The third kappa shape index (κ3) is 11.2. The third-order valence-electron chi connectivity index (χ3n) is 0.640. The molecular formula is C6H11NOS. The molecule has 0 aliphatic rings. The van der Waals surface area contributed by atoms with Gasteiger partial charge in [0.2, 0.25) is 0 Å². The SMILES string of the molecule is C.CC(=O)CCN=C=S. The highest BCUT2D eigenvalue weighted by Gasteiger charge is 1.87. The van der Waals surface area contributed by atoms with Crippen LogP contribution in [0.3, 0.4) is 0 Å². The topological polar surface area (TPSA) is 29.4 Å². The fraction of sp³-hybridized carbons (Fsp3) is 0.667. The smallest absolute Gasteiger partial charge is 0.131 e. The molecule has 0 spiro atoms. The monoisotopic (exact) mass is 145 g/mol. The number of hydrogen-bond acceptors (Lipinski definition) is 3. The van der Waals surface area contributed by atoms with Crippen molar-refractivity contribution in [1.82, 2.24) is 0 Å². The molecule has 3 heteroatoms. The van der Waals surface area contributed by atoms with Crippen molar-refractivity contribution in [3.8, 4) is 0 Å². The average molecular weight is 145 g/mol. The molecule has 0 atom stereocenters. The number of rotatable bonds is 3. The maximum absolute atomic E-state index is 10.2. The number of nitrogens with zero attached hydrogens (tertiary/aromatic N) is 1. The molecule has 0 saturated carbocycles. The molecule has 0 aromatic carbocycles. The fourth-order valence-electron chi connectivity index (χ4n) is 0.259. The van der Waals surface area contributed by atoms with Crippen LogP contribution in [0.5, 0.6) is 0 Å². The minimum Gasteiger partial charge on any atom is -0.300 e. The van der Waals surface area contributed by atoms with Gasteiger partial charge in [-0.1, -0.05) is 7.43 Å². The maximum Gasteiger partial charge on any atom is 0.131 e. The van der Waals surface area contributed by atoms with E-state index in [0.717, 1.165) is 0 Å². The van der Waals surface area contributed by atoms with Crippen LogP contribution in [0.4, 0.5) is 0 Å². The molecule has 0 heterocycles. The van der Waals surface area contributed by atoms with Gasteiger partial charge in [0.15, 0.2) is 0 Å². The van der Waals surface area contributed by atoms with E-state index < -0.39 is 0 Å². The molecule has 0 unspecified atom stereocenters. The van der Waals surface area contributed by atoms with Crippen LogP contribution in [0.2, 0.25) is 0 Å². The van der Waals surface area contributed by atoms with Crippen LogP contribution >= 0.6 is 12.2 Å². The van der Waals surface area contributed by atoms with Gasteiger partial charge >= 0.3 is 0 Å². The van der Waals surface area contributed by atoms with Crippen molar-refractivity contribution < 1.29 is 4.79 Å². The van der Waals surface area contributed by atoms with Gasteiger partial charge in [0, 0.05) is 6.42 Å². The highest BCUT2D eigenvalue weighted by atomic mass is 32.1. The predicted molar refractivity (Wildman–Crippen MR) is 41.9 cm³/mol. The average Bonchev–Trinajstić information content (AvgIpc) is 1.66. The van der Waals surface area contributed by atoms with Crippen molar-refractivity contribution >= 4 is 23.2 Å². The van der Waals surface area contributed by atoms with Gasteiger partial charge in [0.1, 0.15) is 5.78 Å². The van der Waals surface area contributed by atoms with Gasteiger partial charge in [-0.15, -0.1) is 0 Å². The van der Waals surface area contributed by atoms with Crippen LogP contribution in [-0.2, 0) is 4.79 Å². The van der Waals surface area contributed by atoms with E-state index in [1.807, 2.05) is 0 Å². The lowest BCUT2D eigenvalue weighted by atomic mass is 10.3. The zero-order valence-electron chi connectivity index (χ0n) is 4.68. The maximum atomic E-state index is 10.2. The Hall–Kier alpha value is -0.530. The number of thiocarbonyl (C=S) groups is 1. The van der Waals surface area contributed by atoms with Crippen molar-refractivity contribution in [2.75, 3.05) is 6.54 Å². The molecule has 0 saturated heterocycles. The van der Waals surface area contributed by atoms with Crippen molar-refractivity contribution in [1.29, 1.82) is 0 Å². The first-order valence-corrected chi connectivity index (χ1v) is 2.71. The number of isothiocyanates is 1. The van der Waals surface area contributed by atoms with Gasteiger partial charge in [0.25, 0.3) is 0 Å². The summed E-state index contributed by atoms with van der Waals surface area (Å²) in [5.41, 5.74) is 0. The number of Topliss-reactive ketones (excluding diaryl/α,β-unsaturated/α-hetero) is 1. The Balaban J connectivity index is 0.